The minimum atomic E-state index is -3.86. The Balaban J connectivity index is 1.30. The van der Waals surface area contributed by atoms with Gasteiger partial charge in [0.2, 0.25) is 15.9 Å². The summed E-state index contributed by atoms with van der Waals surface area (Å²) in [6, 6.07) is 16.9. The van der Waals surface area contributed by atoms with Crippen molar-refractivity contribution < 1.29 is 23.1 Å². The van der Waals surface area contributed by atoms with Crippen molar-refractivity contribution in [2.75, 3.05) is 25.0 Å². The first-order valence-electron chi connectivity index (χ1n) is 12.8. The van der Waals surface area contributed by atoms with E-state index in [-0.39, 0.29) is 28.8 Å². The number of β-amino-alcohol motifs (C(OH)–C–C–N with tert-alkyl or cyclic N) is 1. The fraction of sp³-hybridized carbons (Fsp3) is 0.357. The molecule has 2 saturated heterocycles. The van der Waals surface area contributed by atoms with Crippen molar-refractivity contribution in [2.45, 2.75) is 49.3 Å². The number of carbonyl (C=O) groups excluding carboxylic acids is 2. The number of amides is 2. The number of nitrogens with zero attached hydrogens (tertiary/aromatic N) is 1. The standard InChI is InChI=1S/C28H32N4O5S/c1-18-6-2-3-7-21(18)27(34)30-24-10-11-26(23-9-5-4-8-22(23)24)38(36,37)31-19-12-14-32(15-13-19)28(35)25-16-20(33)17-29-25/h2-11,19-20,25,29,31,33H,12-17H2,1H3,(H,30,34)/t20-,25+/m1/s1. The van der Waals surface area contributed by atoms with Gasteiger partial charge in [-0.1, -0.05) is 42.5 Å². The molecule has 9 nitrogen and oxygen atoms in total. The van der Waals surface area contributed by atoms with E-state index in [4.69, 9.17) is 0 Å². The molecule has 0 aromatic heterocycles. The molecule has 0 bridgehead atoms. The van der Waals surface area contributed by atoms with Crippen LogP contribution in [0.25, 0.3) is 10.8 Å². The number of anilines is 1. The summed E-state index contributed by atoms with van der Waals surface area (Å²) >= 11 is 0. The van der Waals surface area contributed by atoms with Crippen molar-refractivity contribution in [3.63, 3.8) is 0 Å². The second kappa shape index (κ2) is 10.8. The van der Waals surface area contributed by atoms with Crippen molar-refractivity contribution in [1.29, 1.82) is 0 Å². The molecule has 0 spiro atoms. The Labute approximate surface area is 222 Å². The molecule has 0 aliphatic carbocycles. The molecule has 0 unspecified atom stereocenters. The normalized spacial score (nSPS) is 20.5. The third-order valence-electron chi connectivity index (χ3n) is 7.35. The average molecular weight is 537 g/mol. The Morgan fingerprint density at radius 2 is 1.66 bits per heavy atom. The summed E-state index contributed by atoms with van der Waals surface area (Å²) in [5.41, 5.74) is 1.94. The lowest BCUT2D eigenvalue weighted by molar-refractivity contribution is -0.134. The van der Waals surface area contributed by atoms with E-state index in [1.54, 1.807) is 47.4 Å². The summed E-state index contributed by atoms with van der Waals surface area (Å²) in [5, 5.41) is 16.8. The van der Waals surface area contributed by atoms with Gasteiger partial charge in [0.15, 0.2) is 0 Å². The van der Waals surface area contributed by atoms with Gasteiger partial charge in [-0.15, -0.1) is 0 Å². The highest BCUT2D eigenvalue weighted by Crippen LogP contribution is 2.30. The molecule has 2 atom stereocenters. The minimum absolute atomic E-state index is 0.0443. The second-order valence-electron chi connectivity index (χ2n) is 10.00. The maximum atomic E-state index is 13.5. The van der Waals surface area contributed by atoms with Crippen LogP contribution in [-0.4, -0.2) is 68.1 Å². The number of benzene rings is 3. The fourth-order valence-electron chi connectivity index (χ4n) is 5.26. The molecule has 0 saturated carbocycles. The van der Waals surface area contributed by atoms with Gasteiger partial charge in [0, 0.05) is 47.7 Å². The van der Waals surface area contributed by atoms with Crippen molar-refractivity contribution >= 4 is 38.3 Å². The van der Waals surface area contributed by atoms with Crippen LogP contribution in [0.3, 0.4) is 0 Å². The van der Waals surface area contributed by atoms with Crippen LogP contribution in [0.2, 0.25) is 0 Å². The van der Waals surface area contributed by atoms with Gasteiger partial charge in [-0.2, -0.15) is 0 Å². The number of likely N-dealkylation sites (tertiary alicyclic amines) is 1. The van der Waals surface area contributed by atoms with Crippen LogP contribution in [0.5, 0.6) is 0 Å². The predicted molar refractivity (Wildman–Crippen MR) is 145 cm³/mol. The van der Waals surface area contributed by atoms with Crippen LogP contribution < -0.4 is 15.4 Å². The predicted octanol–water partition coefficient (Wildman–Crippen LogP) is 2.39. The molecule has 5 rings (SSSR count). The first-order valence-corrected chi connectivity index (χ1v) is 14.3. The fourth-order valence-corrected chi connectivity index (χ4v) is 6.77. The molecular formula is C28H32N4O5S. The number of sulfonamides is 1. The average Bonchev–Trinajstić information content (AvgIpc) is 3.35. The first-order chi connectivity index (χ1) is 18.2. The Morgan fingerprint density at radius 1 is 0.974 bits per heavy atom. The lowest BCUT2D eigenvalue weighted by Gasteiger charge is -2.33. The van der Waals surface area contributed by atoms with E-state index in [0.717, 1.165) is 5.56 Å². The zero-order valence-corrected chi connectivity index (χ0v) is 22.0. The van der Waals surface area contributed by atoms with Gasteiger partial charge < -0.3 is 20.6 Å². The molecule has 38 heavy (non-hydrogen) atoms. The molecule has 2 aliphatic rings. The molecule has 200 valence electrons. The number of aliphatic hydroxyl groups is 1. The lowest BCUT2D eigenvalue weighted by atomic mass is 10.0. The quantitative estimate of drug-likeness (QED) is 0.383. The topological polar surface area (TPSA) is 128 Å². The summed E-state index contributed by atoms with van der Waals surface area (Å²) < 4.78 is 29.7. The molecule has 4 N–H and O–H groups in total. The summed E-state index contributed by atoms with van der Waals surface area (Å²) in [6.07, 6.45) is 0.899. The maximum Gasteiger partial charge on any atom is 0.255 e. The molecule has 3 aromatic carbocycles. The zero-order chi connectivity index (χ0) is 26.9. The van der Waals surface area contributed by atoms with E-state index in [1.165, 1.54) is 6.07 Å². The number of aryl methyl sites for hydroxylation is 1. The molecule has 3 aromatic rings. The summed E-state index contributed by atoms with van der Waals surface area (Å²) in [6.45, 7) is 3.18. The van der Waals surface area contributed by atoms with E-state index in [1.807, 2.05) is 19.1 Å². The Kier molecular flexibility index (Phi) is 7.49. The van der Waals surface area contributed by atoms with E-state index in [9.17, 15) is 23.1 Å². The van der Waals surface area contributed by atoms with Gasteiger partial charge >= 0.3 is 0 Å². The Hall–Kier alpha value is -3.31. The van der Waals surface area contributed by atoms with E-state index in [2.05, 4.69) is 15.4 Å². The first kappa shape index (κ1) is 26.3. The smallest absolute Gasteiger partial charge is 0.255 e. The summed E-state index contributed by atoms with van der Waals surface area (Å²) in [5.74, 6) is -0.303. The van der Waals surface area contributed by atoms with Gasteiger partial charge in [0.05, 0.1) is 17.0 Å². The number of piperidine rings is 1. The number of carbonyl (C=O) groups is 2. The van der Waals surface area contributed by atoms with Crippen LogP contribution in [0.15, 0.2) is 65.6 Å². The van der Waals surface area contributed by atoms with Crippen LogP contribution in [0.1, 0.15) is 35.2 Å². The van der Waals surface area contributed by atoms with Gasteiger partial charge in [-0.25, -0.2) is 13.1 Å². The molecule has 2 heterocycles. The van der Waals surface area contributed by atoms with E-state index >= 15 is 0 Å². The van der Waals surface area contributed by atoms with Crippen molar-refractivity contribution in [1.82, 2.24) is 14.9 Å². The minimum Gasteiger partial charge on any atom is -0.392 e. The van der Waals surface area contributed by atoms with Crippen LogP contribution in [0, 0.1) is 6.92 Å². The molecule has 0 radical (unpaired) electrons. The van der Waals surface area contributed by atoms with Crippen LogP contribution >= 0.6 is 0 Å². The maximum absolute atomic E-state index is 13.5. The number of aliphatic hydroxyl groups excluding tert-OH is 1. The van der Waals surface area contributed by atoms with Crippen LogP contribution in [-0.2, 0) is 14.8 Å². The third kappa shape index (κ3) is 5.44. The number of rotatable bonds is 6. The number of hydrogen-bond donors (Lipinski definition) is 4. The highest BCUT2D eigenvalue weighted by Gasteiger charge is 2.34. The number of fused-ring (bicyclic) bond motifs is 1. The molecule has 2 fully saturated rings. The monoisotopic (exact) mass is 536 g/mol. The second-order valence-corrected chi connectivity index (χ2v) is 11.7. The number of nitrogens with one attached hydrogen (secondary N) is 3. The molecular weight excluding hydrogens is 504 g/mol. The SMILES string of the molecule is Cc1ccccc1C(=O)Nc1ccc(S(=O)(=O)NC2CCN(C(=O)[C@@H]3C[C@@H](O)CN3)CC2)c2ccccc12. The Morgan fingerprint density at radius 3 is 2.34 bits per heavy atom. The zero-order valence-electron chi connectivity index (χ0n) is 21.2. The highest BCUT2D eigenvalue weighted by atomic mass is 32.2. The largest absolute Gasteiger partial charge is 0.392 e. The van der Waals surface area contributed by atoms with Gasteiger partial charge in [-0.3, -0.25) is 9.59 Å². The highest BCUT2D eigenvalue weighted by molar-refractivity contribution is 7.89. The van der Waals surface area contributed by atoms with Crippen LogP contribution in [0.4, 0.5) is 5.69 Å². The molecule has 2 aliphatic heterocycles. The van der Waals surface area contributed by atoms with Crippen molar-refractivity contribution in [3.8, 4) is 0 Å². The van der Waals surface area contributed by atoms with E-state index < -0.39 is 16.1 Å². The summed E-state index contributed by atoms with van der Waals surface area (Å²) in [7, 11) is -3.86. The Bertz CT molecular complexity index is 1470. The molecule has 2 amide bonds. The molecule has 10 heteroatoms. The van der Waals surface area contributed by atoms with Gasteiger partial charge in [0.1, 0.15) is 0 Å². The van der Waals surface area contributed by atoms with Crippen molar-refractivity contribution in [3.05, 3.63) is 71.8 Å². The van der Waals surface area contributed by atoms with Crippen molar-refractivity contribution in [2.24, 2.45) is 0 Å². The van der Waals surface area contributed by atoms with Gasteiger partial charge in [-0.05, 0) is 49.9 Å². The summed E-state index contributed by atoms with van der Waals surface area (Å²) in [4.78, 5) is 27.5. The van der Waals surface area contributed by atoms with E-state index in [0.29, 0.717) is 60.9 Å². The van der Waals surface area contributed by atoms with Gasteiger partial charge in [0.25, 0.3) is 5.91 Å². The lowest BCUT2D eigenvalue weighted by Crippen LogP contribution is -2.50. The number of hydrogen-bond acceptors (Lipinski definition) is 6. The third-order valence-corrected chi connectivity index (χ3v) is 8.92.